The van der Waals surface area contributed by atoms with E-state index in [0.29, 0.717) is 12.5 Å². The molecule has 0 aromatic carbocycles. The fraction of sp³-hybridized carbons (Fsp3) is 1.00. The highest BCUT2D eigenvalue weighted by molar-refractivity contribution is 6.44. The molecule has 0 bridgehead atoms. The van der Waals surface area contributed by atoms with Gasteiger partial charge in [0.1, 0.15) is 4.84 Å². The van der Waals surface area contributed by atoms with Gasteiger partial charge in [-0.15, -0.1) is 34.8 Å². The van der Waals surface area contributed by atoms with Gasteiger partial charge in [0, 0.05) is 18.9 Å². The lowest BCUT2D eigenvalue weighted by molar-refractivity contribution is 0.166. The quantitative estimate of drug-likeness (QED) is 0.620. The van der Waals surface area contributed by atoms with E-state index in [9.17, 15) is 0 Å². The Hall–Kier alpha value is 0.830. The summed E-state index contributed by atoms with van der Waals surface area (Å²) in [6.07, 6.45) is 0. The van der Waals surface area contributed by atoms with Crippen molar-refractivity contribution in [2.75, 3.05) is 19.6 Å². The summed E-state index contributed by atoms with van der Waals surface area (Å²) in [6.45, 7) is 0.515. The van der Waals surface area contributed by atoms with Crippen molar-refractivity contribution in [2.45, 2.75) is 4.84 Å². The molecule has 9 heavy (non-hydrogen) atoms. The van der Waals surface area contributed by atoms with Crippen LogP contribution in [0.15, 0.2) is 0 Å². The van der Waals surface area contributed by atoms with Crippen LogP contribution in [0.3, 0.4) is 0 Å². The molecule has 0 aromatic rings. The van der Waals surface area contributed by atoms with Crippen LogP contribution in [-0.2, 0) is 4.74 Å². The third-order valence-electron chi connectivity index (χ3n) is 0.935. The van der Waals surface area contributed by atoms with E-state index in [1.54, 1.807) is 7.11 Å². The first kappa shape index (κ1) is 9.83. The van der Waals surface area contributed by atoms with Gasteiger partial charge in [0.25, 0.3) is 0 Å². The Morgan fingerprint density at radius 2 is 2.00 bits per heavy atom. The van der Waals surface area contributed by atoms with E-state index in [0.717, 1.165) is 0 Å². The molecule has 0 heterocycles. The van der Waals surface area contributed by atoms with Gasteiger partial charge < -0.3 is 4.74 Å². The van der Waals surface area contributed by atoms with Gasteiger partial charge in [-0.3, -0.25) is 0 Å². The molecule has 0 fully saturated rings. The zero-order valence-electron chi connectivity index (χ0n) is 5.11. The highest BCUT2D eigenvalue weighted by Crippen LogP contribution is 2.16. The van der Waals surface area contributed by atoms with E-state index >= 15 is 0 Å². The average Bonchev–Trinajstić information content (AvgIpc) is 1.82. The SMILES string of the molecule is COCC(CCl)C(Cl)Cl. The molecule has 0 radical (unpaired) electrons. The molecular formula is C5H9Cl3O. The third kappa shape index (κ3) is 4.26. The van der Waals surface area contributed by atoms with Crippen molar-refractivity contribution in [3.8, 4) is 0 Å². The first-order valence-electron chi connectivity index (χ1n) is 2.55. The molecule has 0 amide bonds. The molecule has 4 heteroatoms. The third-order valence-corrected chi connectivity index (χ3v) is 2.04. The highest BCUT2D eigenvalue weighted by atomic mass is 35.5. The molecule has 1 nitrogen and oxygen atoms in total. The van der Waals surface area contributed by atoms with Crippen molar-refractivity contribution in [1.29, 1.82) is 0 Å². The Kier molecular flexibility index (Phi) is 6.12. The van der Waals surface area contributed by atoms with Crippen LogP contribution >= 0.6 is 34.8 Å². The molecule has 1 atom stereocenters. The van der Waals surface area contributed by atoms with Crippen molar-refractivity contribution in [3.63, 3.8) is 0 Å². The lowest BCUT2D eigenvalue weighted by Gasteiger charge is -2.12. The largest absolute Gasteiger partial charge is 0.384 e. The summed E-state index contributed by atoms with van der Waals surface area (Å²) >= 11 is 16.5. The number of hydrogen-bond acceptors (Lipinski definition) is 1. The molecule has 0 saturated carbocycles. The van der Waals surface area contributed by atoms with Crippen molar-refractivity contribution in [1.82, 2.24) is 0 Å². The second-order valence-electron chi connectivity index (χ2n) is 1.70. The van der Waals surface area contributed by atoms with E-state index in [-0.39, 0.29) is 5.92 Å². The van der Waals surface area contributed by atoms with E-state index in [1.807, 2.05) is 0 Å². The van der Waals surface area contributed by atoms with Gasteiger partial charge in [0.15, 0.2) is 0 Å². The van der Waals surface area contributed by atoms with Gasteiger partial charge in [-0.25, -0.2) is 0 Å². The van der Waals surface area contributed by atoms with Crippen molar-refractivity contribution in [2.24, 2.45) is 5.92 Å². The molecule has 56 valence electrons. The standard InChI is InChI=1S/C5H9Cl3O/c1-9-3-4(2-6)5(7)8/h4-5H,2-3H2,1H3. The van der Waals surface area contributed by atoms with Gasteiger partial charge in [0.2, 0.25) is 0 Å². The first-order chi connectivity index (χ1) is 4.22. The van der Waals surface area contributed by atoms with E-state index < -0.39 is 4.84 Å². The zero-order valence-corrected chi connectivity index (χ0v) is 7.38. The second-order valence-corrected chi connectivity index (χ2v) is 3.18. The Balaban J connectivity index is 3.41. The van der Waals surface area contributed by atoms with Gasteiger partial charge in [0.05, 0.1) is 6.61 Å². The fourth-order valence-corrected chi connectivity index (χ4v) is 1.17. The van der Waals surface area contributed by atoms with Crippen molar-refractivity contribution in [3.05, 3.63) is 0 Å². The normalized spacial score (nSPS) is 14.3. The Morgan fingerprint density at radius 1 is 1.44 bits per heavy atom. The summed E-state index contributed by atoms with van der Waals surface area (Å²) in [5.74, 6) is 0.478. The number of alkyl halides is 3. The summed E-state index contributed by atoms with van der Waals surface area (Å²) < 4.78 is 4.80. The second kappa shape index (κ2) is 5.60. The predicted molar refractivity (Wildman–Crippen MR) is 41.6 cm³/mol. The number of hydrogen-bond donors (Lipinski definition) is 0. The average molecular weight is 191 g/mol. The summed E-state index contributed by atoms with van der Waals surface area (Å²) in [5, 5.41) is 0. The molecule has 0 aliphatic carbocycles. The number of rotatable bonds is 4. The maximum atomic E-state index is 5.52. The Bertz CT molecular complexity index is 67.2. The van der Waals surface area contributed by atoms with Crippen LogP contribution < -0.4 is 0 Å². The summed E-state index contributed by atoms with van der Waals surface area (Å²) in [5.41, 5.74) is 0. The Morgan fingerprint density at radius 3 is 2.11 bits per heavy atom. The van der Waals surface area contributed by atoms with Crippen molar-refractivity contribution < 1.29 is 4.74 Å². The monoisotopic (exact) mass is 190 g/mol. The molecule has 0 saturated heterocycles. The van der Waals surface area contributed by atoms with Gasteiger partial charge in [-0.05, 0) is 0 Å². The molecule has 0 rings (SSSR count). The fourth-order valence-electron chi connectivity index (χ4n) is 0.399. The van der Waals surface area contributed by atoms with Crippen LogP contribution in [0.25, 0.3) is 0 Å². The molecular weight excluding hydrogens is 182 g/mol. The lowest BCUT2D eigenvalue weighted by Crippen LogP contribution is -2.16. The molecule has 0 aromatic heterocycles. The van der Waals surface area contributed by atoms with E-state index in [4.69, 9.17) is 39.5 Å². The topological polar surface area (TPSA) is 9.23 Å². The number of methoxy groups -OCH3 is 1. The zero-order chi connectivity index (χ0) is 7.28. The molecule has 1 unspecified atom stereocenters. The maximum Gasteiger partial charge on any atom is 0.114 e. The summed E-state index contributed by atoms with van der Waals surface area (Å²) in [7, 11) is 1.59. The minimum absolute atomic E-state index is 0.0417. The van der Waals surface area contributed by atoms with Crippen molar-refractivity contribution >= 4 is 34.8 Å². The molecule has 0 N–H and O–H groups in total. The van der Waals surface area contributed by atoms with Crippen LogP contribution in [0.4, 0.5) is 0 Å². The van der Waals surface area contributed by atoms with Gasteiger partial charge in [-0.1, -0.05) is 0 Å². The van der Waals surface area contributed by atoms with Crippen LogP contribution in [0.2, 0.25) is 0 Å². The minimum Gasteiger partial charge on any atom is -0.384 e. The van der Waals surface area contributed by atoms with Crippen LogP contribution in [0.5, 0.6) is 0 Å². The number of halogens is 3. The van der Waals surface area contributed by atoms with E-state index in [2.05, 4.69) is 0 Å². The molecule has 0 aliphatic heterocycles. The van der Waals surface area contributed by atoms with Crippen LogP contribution in [-0.4, -0.2) is 24.4 Å². The smallest absolute Gasteiger partial charge is 0.114 e. The summed E-state index contributed by atoms with van der Waals surface area (Å²) in [4.78, 5) is -0.428. The van der Waals surface area contributed by atoms with E-state index in [1.165, 1.54) is 0 Å². The van der Waals surface area contributed by atoms with Crippen LogP contribution in [0, 0.1) is 5.92 Å². The number of ether oxygens (including phenoxy) is 1. The maximum absolute atomic E-state index is 5.52. The molecule has 0 spiro atoms. The minimum atomic E-state index is -0.428. The summed E-state index contributed by atoms with van der Waals surface area (Å²) in [6, 6.07) is 0. The predicted octanol–water partition coefficient (Wildman–Crippen LogP) is 2.29. The highest BCUT2D eigenvalue weighted by Gasteiger charge is 2.14. The molecule has 0 aliphatic rings. The lowest BCUT2D eigenvalue weighted by atomic mass is 10.2. The van der Waals surface area contributed by atoms with Gasteiger partial charge in [-0.2, -0.15) is 0 Å². The van der Waals surface area contributed by atoms with Gasteiger partial charge >= 0.3 is 0 Å². The first-order valence-corrected chi connectivity index (χ1v) is 3.96. The Labute approximate surface area is 70.2 Å². The van der Waals surface area contributed by atoms with Crippen LogP contribution in [0.1, 0.15) is 0 Å².